The quantitative estimate of drug-likeness (QED) is 0.711. The third kappa shape index (κ3) is 5.83. The van der Waals surface area contributed by atoms with Crippen LogP contribution in [0.1, 0.15) is 42.5 Å². The van der Waals surface area contributed by atoms with Gasteiger partial charge in [0, 0.05) is 18.1 Å². The molecular weight excluding hydrogens is 372 g/mol. The Morgan fingerprint density at radius 2 is 1.82 bits per heavy atom. The molecule has 2 aromatic rings. The zero-order chi connectivity index (χ0) is 20.7. The maximum absolute atomic E-state index is 13.2. The Morgan fingerprint density at radius 1 is 1.11 bits per heavy atom. The number of benzene rings is 2. The van der Waals surface area contributed by atoms with E-state index in [1.54, 1.807) is 17.9 Å². The molecular formula is C23H29ClN2O2. The van der Waals surface area contributed by atoms with Crippen molar-refractivity contribution < 1.29 is 9.59 Å². The van der Waals surface area contributed by atoms with Crippen LogP contribution in [0.4, 0.5) is 0 Å². The van der Waals surface area contributed by atoms with Crippen molar-refractivity contribution in [1.82, 2.24) is 10.2 Å². The van der Waals surface area contributed by atoms with Gasteiger partial charge in [-0.05, 0) is 49.9 Å². The maximum Gasteiger partial charge on any atom is 0.242 e. The lowest BCUT2D eigenvalue weighted by molar-refractivity contribution is -0.140. The van der Waals surface area contributed by atoms with E-state index in [-0.39, 0.29) is 18.2 Å². The number of aryl methyl sites for hydroxylation is 2. The number of hydrogen-bond acceptors (Lipinski definition) is 2. The number of carbonyl (C=O) groups excluding carboxylic acids is 2. The third-order valence-electron chi connectivity index (χ3n) is 4.86. The average Bonchev–Trinajstić information content (AvgIpc) is 2.67. The van der Waals surface area contributed by atoms with Gasteiger partial charge < -0.3 is 10.2 Å². The number of amides is 2. The predicted molar refractivity (Wildman–Crippen MR) is 114 cm³/mol. The van der Waals surface area contributed by atoms with Gasteiger partial charge in [0.15, 0.2) is 0 Å². The minimum atomic E-state index is -0.583. The van der Waals surface area contributed by atoms with Crippen molar-refractivity contribution in [3.8, 4) is 0 Å². The van der Waals surface area contributed by atoms with Crippen LogP contribution in [0.2, 0.25) is 5.02 Å². The molecule has 1 unspecified atom stereocenters. The first-order valence-electron chi connectivity index (χ1n) is 9.70. The molecule has 0 aromatic heterocycles. The van der Waals surface area contributed by atoms with E-state index in [0.717, 1.165) is 28.7 Å². The van der Waals surface area contributed by atoms with Gasteiger partial charge in [0.25, 0.3) is 0 Å². The molecule has 2 rings (SSSR count). The van der Waals surface area contributed by atoms with E-state index in [2.05, 4.69) is 5.32 Å². The smallest absolute Gasteiger partial charge is 0.242 e. The summed E-state index contributed by atoms with van der Waals surface area (Å²) in [5, 5.41) is 3.48. The monoisotopic (exact) mass is 400 g/mol. The molecule has 0 heterocycles. The molecule has 0 bridgehead atoms. The topological polar surface area (TPSA) is 49.4 Å². The second kappa shape index (κ2) is 10.3. The molecule has 4 nitrogen and oxygen atoms in total. The van der Waals surface area contributed by atoms with Crippen LogP contribution in [-0.2, 0) is 22.6 Å². The predicted octanol–water partition coefficient (Wildman–Crippen LogP) is 4.44. The minimum absolute atomic E-state index is 0.0900. The zero-order valence-electron chi connectivity index (χ0n) is 17.1. The summed E-state index contributed by atoms with van der Waals surface area (Å²) in [6, 6.07) is 12.9. The number of carbonyl (C=O) groups is 2. The summed E-state index contributed by atoms with van der Waals surface area (Å²) in [6.45, 7) is 8.66. The fourth-order valence-corrected chi connectivity index (χ4v) is 3.24. The lowest BCUT2D eigenvalue weighted by atomic mass is 10.0. The largest absolute Gasteiger partial charge is 0.354 e. The lowest BCUT2D eigenvalue weighted by Crippen LogP contribution is -2.48. The van der Waals surface area contributed by atoms with Crippen molar-refractivity contribution in [3.63, 3.8) is 0 Å². The van der Waals surface area contributed by atoms with Crippen molar-refractivity contribution >= 4 is 23.4 Å². The Hall–Kier alpha value is -2.33. The lowest BCUT2D eigenvalue weighted by Gasteiger charge is -2.29. The molecule has 0 aliphatic rings. The van der Waals surface area contributed by atoms with Crippen LogP contribution in [-0.4, -0.2) is 29.3 Å². The number of nitrogens with zero attached hydrogens (tertiary/aromatic N) is 1. The molecule has 0 saturated heterocycles. The molecule has 0 spiro atoms. The van der Waals surface area contributed by atoms with Gasteiger partial charge in [-0.2, -0.15) is 0 Å². The highest BCUT2D eigenvalue weighted by Gasteiger charge is 2.26. The first kappa shape index (κ1) is 22.0. The Labute approximate surface area is 172 Å². The highest BCUT2D eigenvalue weighted by atomic mass is 35.5. The number of rotatable bonds is 8. The molecule has 5 heteroatoms. The van der Waals surface area contributed by atoms with Gasteiger partial charge in [-0.25, -0.2) is 0 Å². The normalized spacial score (nSPS) is 11.8. The van der Waals surface area contributed by atoms with Gasteiger partial charge in [-0.15, -0.1) is 0 Å². The van der Waals surface area contributed by atoms with Crippen molar-refractivity contribution in [2.24, 2.45) is 0 Å². The Balaban J connectivity index is 2.28. The standard InChI is InChI=1S/C23H29ClN2O2/c1-5-12-25-23(28)18(4)26(15-19-8-6-7-9-21(19)24)22(27)14-20-13-16(2)10-11-17(20)3/h6-11,13,18H,5,12,14-15H2,1-4H3,(H,25,28). The number of hydrogen-bond donors (Lipinski definition) is 1. The number of halogens is 1. The molecule has 1 atom stereocenters. The SMILES string of the molecule is CCCNC(=O)C(C)N(Cc1ccccc1Cl)C(=O)Cc1cc(C)ccc1C. The summed E-state index contributed by atoms with van der Waals surface area (Å²) in [5.74, 6) is -0.240. The van der Waals surface area contributed by atoms with Crippen LogP contribution in [0.25, 0.3) is 0 Å². The minimum Gasteiger partial charge on any atom is -0.354 e. The van der Waals surface area contributed by atoms with E-state index in [1.165, 1.54) is 0 Å². The fraction of sp³-hybridized carbons (Fsp3) is 0.391. The summed E-state index contributed by atoms with van der Waals surface area (Å²) < 4.78 is 0. The van der Waals surface area contributed by atoms with Crippen molar-refractivity contribution in [3.05, 3.63) is 69.7 Å². The maximum atomic E-state index is 13.2. The van der Waals surface area contributed by atoms with Gasteiger partial charge in [0.1, 0.15) is 6.04 Å². The van der Waals surface area contributed by atoms with Crippen LogP contribution in [0.3, 0.4) is 0 Å². The van der Waals surface area contributed by atoms with E-state index in [1.807, 2.05) is 57.2 Å². The molecule has 0 aliphatic carbocycles. The second-order valence-corrected chi connectivity index (χ2v) is 7.59. The Kier molecular flexibility index (Phi) is 8.06. The van der Waals surface area contributed by atoms with Crippen molar-refractivity contribution in [1.29, 1.82) is 0 Å². The van der Waals surface area contributed by atoms with Crippen LogP contribution < -0.4 is 5.32 Å². The molecule has 2 amide bonds. The highest BCUT2D eigenvalue weighted by molar-refractivity contribution is 6.31. The Bertz CT molecular complexity index is 835. The van der Waals surface area contributed by atoms with Gasteiger partial charge >= 0.3 is 0 Å². The van der Waals surface area contributed by atoms with Crippen LogP contribution in [0, 0.1) is 13.8 Å². The van der Waals surface area contributed by atoms with Gasteiger partial charge in [0.05, 0.1) is 6.42 Å². The zero-order valence-corrected chi connectivity index (χ0v) is 17.8. The average molecular weight is 401 g/mol. The molecule has 0 saturated carbocycles. The number of nitrogens with one attached hydrogen (secondary N) is 1. The summed E-state index contributed by atoms with van der Waals surface area (Å²) in [6.07, 6.45) is 1.10. The highest BCUT2D eigenvalue weighted by Crippen LogP contribution is 2.20. The molecule has 2 aromatic carbocycles. The molecule has 28 heavy (non-hydrogen) atoms. The molecule has 0 fully saturated rings. The first-order chi connectivity index (χ1) is 13.3. The molecule has 150 valence electrons. The van der Waals surface area contributed by atoms with Gasteiger partial charge in [0.2, 0.25) is 11.8 Å². The van der Waals surface area contributed by atoms with Crippen molar-refractivity contribution in [2.45, 2.75) is 53.1 Å². The van der Waals surface area contributed by atoms with E-state index in [4.69, 9.17) is 11.6 Å². The second-order valence-electron chi connectivity index (χ2n) is 7.19. The van der Waals surface area contributed by atoms with Gasteiger partial charge in [-0.1, -0.05) is 60.5 Å². The fourth-order valence-electron chi connectivity index (χ4n) is 3.04. The van der Waals surface area contributed by atoms with E-state index < -0.39 is 6.04 Å². The summed E-state index contributed by atoms with van der Waals surface area (Å²) in [4.78, 5) is 27.4. The summed E-state index contributed by atoms with van der Waals surface area (Å²) >= 11 is 6.31. The van der Waals surface area contributed by atoms with Crippen LogP contribution in [0.15, 0.2) is 42.5 Å². The first-order valence-corrected chi connectivity index (χ1v) is 10.1. The van der Waals surface area contributed by atoms with E-state index in [0.29, 0.717) is 18.1 Å². The molecule has 1 N–H and O–H groups in total. The molecule has 0 aliphatic heterocycles. The van der Waals surface area contributed by atoms with Gasteiger partial charge in [-0.3, -0.25) is 9.59 Å². The van der Waals surface area contributed by atoms with Crippen LogP contribution >= 0.6 is 11.6 Å². The van der Waals surface area contributed by atoms with Crippen LogP contribution in [0.5, 0.6) is 0 Å². The third-order valence-corrected chi connectivity index (χ3v) is 5.23. The van der Waals surface area contributed by atoms with Crippen molar-refractivity contribution in [2.75, 3.05) is 6.54 Å². The summed E-state index contributed by atoms with van der Waals surface area (Å²) in [5.41, 5.74) is 3.99. The Morgan fingerprint density at radius 3 is 2.50 bits per heavy atom. The summed E-state index contributed by atoms with van der Waals surface area (Å²) in [7, 11) is 0. The molecule has 0 radical (unpaired) electrons. The van der Waals surface area contributed by atoms with E-state index in [9.17, 15) is 9.59 Å². The van der Waals surface area contributed by atoms with E-state index >= 15 is 0 Å².